The van der Waals surface area contributed by atoms with Crippen LogP contribution in [0.4, 0.5) is 0 Å². The van der Waals surface area contributed by atoms with Crippen molar-refractivity contribution in [1.82, 2.24) is 23.9 Å². The summed E-state index contributed by atoms with van der Waals surface area (Å²) in [5.41, 5.74) is 4.98. The molecule has 11 heteroatoms. The van der Waals surface area contributed by atoms with Gasteiger partial charge in [-0.1, -0.05) is 159 Å². The van der Waals surface area contributed by atoms with Crippen molar-refractivity contribution < 1.29 is 17.1 Å². The topological polar surface area (TPSA) is 57.2 Å². The first kappa shape index (κ1) is 31.4. The van der Waals surface area contributed by atoms with Crippen LogP contribution in [0.1, 0.15) is 23.5 Å². The third-order valence-electron chi connectivity index (χ3n) is 13.3. The highest BCUT2D eigenvalue weighted by molar-refractivity contribution is 7.31. The molecule has 0 fully saturated rings. The zero-order chi connectivity index (χ0) is 51.5. The van der Waals surface area contributed by atoms with E-state index in [-0.39, 0.29) is 31.9 Å². The Morgan fingerprint density at radius 3 is 1.85 bits per heavy atom. The number of thiazole rings is 2. The van der Waals surface area contributed by atoms with E-state index in [1.54, 1.807) is 47.6 Å². The molecule has 11 aromatic rings. The van der Waals surface area contributed by atoms with Crippen LogP contribution in [0, 0.1) is 0 Å². The second-order valence-electron chi connectivity index (χ2n) is 16.7. The van der Waals surface area contributed by atoms with Gasteiger partial charge >= 0.3 is 0 Å². The van der Waals surface area contributed by atoms with E-state index in [9.17, 15) is 12.3 Å². The largest absolute Gasteiger partial charge is 0.457 e. The average molecular weight is 937 g/mol. The fourth-order valence-electron chi connectivity index (χ4n) is 10.7. The first-order chi connectivity index (χ1) is 35.5. The Morgan fingerprint density at radius 1 is 0.569 bits per heavy atom. The fourth-order valence-corrected chi connectivity index (χ4v) is 27.5. The van der Waals surface area contributed by atoms with Gasteiger partial charge in [-0.25, -0.2) is 4.98 Å². The second kappa shape index (κ2) is 15.0. The number of imidazole rings is 2. The minimum absolute atomic E-state index is 0.0932. The first-order valence-corrected chi connectivity index (χ1v) is 29.6. The highest BCUT2D eigenvalue weighted by Gasteiger charge is 2.66. The maximum absolute atomic E-state index is 9.93. The maximum Gasteiger partial charge on any atom is 0.220 e. The molecular weight excluding hydrogens is 883 g/mol. The average Bonchev–Trinajstić information content (AvgIpc) is 4.23. The summed E-state index contributed by atoms with van der Waals surface area (Å²) in [5, 5.41) is 6.77. The number of hydrogen-bond acceptors (Lipinski definition) is 6. The van der Waals surface area contributed by atoms with Crippen molar-refractivity contribution in [2.45, 2.75) is 30.6 Å². The van der Waals surface area contributed by atoms with E-state index in [0.29, 0.717) is 5.19 Å². The monoisotopic (exact) mass is 936 g/mol. The van der Waals surface area contributed by atoms with Crippen LogP contribution in [-0.2, 0) is 4.66 Å². The lowest BCUT2D eigenvalue weighted by atomic mass is 9.98. The summed E-state index contributed by atoms with van der Waals surface area (Å²) in [6.07, 6.45) is 2.95. The predicted octanol–water partition coefficient (Wildman–Crippen LogP) is 9.42. The minimum atomic E-state index is -5.61. The van der Waals surface area contributed by atoms with Crippen molar-refractivity contribution in [2.75, 3.05) is 0 Å². The summed E-state index contributed by atoms with van der Waals surface area (Å²) in [6.45, 7) is -7.92. The molecule has 0 saturated heterocycles. The molecular formula is C54H45N5OS2Si3. The van der Waals surface area contributed by atoms with Gasteiger partial charge in [0.1, 0.15) is 27.6 Å². The minimum Gasteiger partial charge on any atom is -0.457 e. The molecule has 316 valence electrons. The molecule has 0 saturated carbocycles. The van der Waals surface area contributed by atoms with Gasteiger partial charge in [-0.05, 0) is 63.2 Å². The molecule has 7 aromatic carbocycles. The number of nitrogens with zero attached hydrogens (tertiary/aromatic N) is 5. The Hall–Kier alpha value is -6.48. The van der Waals surface area contributed by atoms with Crippen LogP contribution in [0.25, 0.3) is 33.5 Å². The van der Waals surface area contributed by atoms with E-state index < -0.39 is 48.3 Å². The highest BCUT2D eigenvalue weighted by Crippen LogP contribution is 2.56. The van der Waals surface area contributed by atoms with E-state index in [2.05, 4.69) is 69.6 Å². The lowest BCUT2D eigenvalue weighted by molar-refractivity contribution is 0.453. The van der Waals surface area contributed by atoms with E-state index in [4.69, 9.17) is 19.7 Å². The third-order valence-corrected chi connectivity index (χ3v) is 30.2. The van der Waals surface area contributed by atoms with Gasteiger partial charge in [-0.15, -0.1) is 22.7 Å². The Bertz CT molecular complexity index is 3850. The molecule has 0 N–H and O–H groups in total. The second-order valence-corrected chi connectivity index (χ2v) is 29.7. The summed E-state index contributed by atoms with van der Waals surface area (Å²) in [7, 11) is -14.3. The zero-order valence-corrected chi connectivity index (χ0v) is 39.6. The first-order valence-electron chi connectivity index (χ1n) is 25.8. The van der Waals surface area contributed by atoms with Gasteiger partial charge in [0.25, 0.3) is 0 Å². The van der Waals surface area contributed by atoms with Gasteiger partial charge in [-0.2, -0.15) is 0 Å². The molecule has 65 heavy (non-hydrogen) atoms. The molecule has 6 nitrogen and oxygen atoms in total. The predicted molar refractivity (Wildman–Crippen MR) is 279 cm³/mol. The van der Waals surface area contributed by atoms with E-state index in [1.807, 2.05) is 84.9 Å². The standard InChI is InChI=1S/C54H45N5OS2Si3/c1-63(2,52-55-33-35-61-52)54(64(3,4)53-56-34-36-62-53)42-25-11-16-31-48(42)60-50-43(54)26-18-32-49(50)65(39-20-7-5-8-21-39,40-22-9-6-10-23-40)41-24-17-19-38(37-41)58-46-29-14-15-30-47(46)59-45-28-13-12-27-44(45)57-51(58)59/h5-37H,1-4H3/i1D3,2D3,3D3. The van der Waals surface area contributed by atoms with E-state index >= 15 is 0 Å². The van der Waals surface area contributed by atoms with Gasteiger partial charge in [0, 0.05) is 57.0 Å². The zero-order valence-electron chi connectivity index (χ0n) is 44.0. The van der Waals surface area contributed by atoms with Crippen LogP contribution < -0.4 is 34.7 Å². The van der Waals surface area contributed by atoms with Gasteiger partial charge < -0.3 is 4.74 Å². The van der Waals surface area contributed by atoms with Crippen molar-refractivity contribution in [3.8, 4) is 17.2 Å². The van der Waals surface area contributed by atoms with Crippen LogP contribution in [0.2, 0.25) is 26.0 Å². The molecule has 1 aliphatic heterocycles. The van der Waals surface area contributed by atoms with E-state index in [0.717, 1.165) is 71.8 Å². The summed E-state index contributed by atoms with van der Waals surface area (Å²) >= 11 is 2.09. The number of rotatable bonds is 9. The van der Waals surface area contributed by atoms with Gasteiger partial charge in [-0.3, -0.25) is 18.9 Å². The van der Waals surface area contributed by atoms with Crippen LogP contribution in [0.5, 0.6) is 11.5 Å². The molecule has 1 aliphatic rings. The van der Waals surface area contributed by atoms with Crippen molar-refractivity contribution in [1.29, 1.82) is 0 Å². The lowest BCUT2D eigenvalue weighted by Crippen LogP contribution is -2.77. The lowest BCUT2D eigenvalue weighted by Gasteiger charge is -2.56. The van der Waals surface area contributed by atoms with Crippen LogP contribution in [-0.4, -0.2) is 48.1 Å². The summed E-state index contributed by atoms with van der Waals surface area (Å²) in [4.78, 5) is 14.7. The van der Waals surface area contributed by atoms with Crippen LogP contribution in [0.15, 0.2) is 199 Å². The molecule has 12 rings (SSSR count). The maximum atomic E-state index is 9.93. The number of fused-ring (bicyclic) bond motifs is 7. The molecule has 2 unspecified atom stereocenters. The number of hydrogen-bond donors (Lipinski definition) is 0. The summed E-state index contributed by atoms with van der Waals surface area (Å²) in [6, 6.07) is 57.6. The number of para-hydroxylation sites is 6. The number of aromatic nitrogens is 5. The Kier molecular flexibility index (Phi) is 7.27. The fraction of sp³-hybridized carbons (Fsp3) is 0.0926. The highest BCUT2D eigenvalue weighted by atomic mass is 32.1. The third kappa shape index (κ3) is 5.56. The number of ether oxygens (including phenoxy) is 1. The SMILES string of the molecule is [2H]C([2H])([2H])[Si](C)(c1nccs1)C1([Si](c2nccs2)(C([2H])([2H])[2H])C([2H])([2H])[2H])c2ccccc2Oc2c1cccc2[Si](c1ccccc1)(c1ccccc1)c1cccc(-n2c3ccccc3n3c4ccccc4nc23)c1. The Labute approximate surface area is 401 Å². The van der Waals surface area contributed by atoms with E-state index in [1.165, 1.54) is 12.4 Å². The smallest absolute Gasteiger partial charge is 0.220 e. The molecule has 0 spiro atoms. The molecule has 0 amide bonds. The quantitative estimate of drug-likeness (QED) is 0.107. The van der Waals surface area contributed by atoms with Crippen molar-refractivity contribution in [3.63, 3.8) is 0 Å². The van der Waals surface area contributed by atoms with Crippen molar-refractivity contribution in [2.24, 2.45) is 0 Å². The number of benzene rings is 7. The normalized spacial score (nSPS) is 18.6. The molecule has 0 aliphatic carbocycles. The summed E-state index contributed by atoms with van der Waals surface area (Å²) < 4.78 is 98.9. The van der Waals surface area contributed by atoms with Crippen molar-refractivity contribution >= 4 is 105 Å². The van der Waals surface area contributed by atoms with Crippen molar-refractivity contribution in [3.05, 3.63) is 210 Å². The molecule has 0 radical (unpaired) electrons. The molecule has 4 aromatic heterocycles. The Balaban J connectivity index is 1.28. The van der Waals surface area contributed by atoms with Gasteiger partial charge in [0.2, 0.25) is 5.78 Å². The Morgan fingerprint density at radius 2 is 1.15 bits per heavy atom. The summed E-state index contributed by atoms with van der Waals surface area (Å²) in [5.74, 6) is 1.14. The molecule has 0 bridgehead atoms. The van der Waals surface area contributed by atoms with Crippen LogP contribution >= 0.6 is 22.7 Å². The van der Waals surface area contributed by atoms with Gasteiger partial charge in [0.15, 0.2) is 8.07 Å². The van der Waals surface area contributed by atoms with Crippen LogP contribution in [0.3, 0.4) is 0 Å². The molecule has 2 atom stereocenters. The van der Waals surface area contributed by atoms with Gasteiger partial charge in [0.05, 0.1) is 31.3 Å². The molecule has 5 heterocycles.